The van der Waals surface area contributed by atoms with E-state index in [2.05, 4.69) is 5.32 Å². The van der Waals surface area contributed by atoms with E-state index < -0.39 is 0 Å². The highest BCUT2D eigenvalue weighted by Gasteiger charge is 2.20. The number of amides is 2. The van der Waals surface area contributed by atoms with Crippen molar-refractivity contribution in [3.8, 4) is 0 Å². The second-order valence-corrected chi connectivity index (χ2v) is 6.25. The fourth-order valence-electron chi connectivity index (χ4n) is 3.00. The molecule has 4 heteroatoms. The Balaban J connectivity index is 1.66. The summed E-state index contributed by atoms with van der Waals surface area (Å²) in [5, 5.41) is 2.91. The van der Waals surface area contributed by atoms with Gasteiger partial charge in [-0.3, -0.25) is 9.59 Å². The lowest BCUT2D eigenvalue weighted by atomic mass is 10.1. The Morgan fingerprint density at radius 3 is 2.46 bits per heavy atom. The molecule has 1 fully saturated rings. The third kappa shape index (κ3) is 3.82. The fraction of sp³-hybridized carbons (Fsp3) is 0.300. The first-order valence-corrected chi connectivity index (χ1v) is 8.36. The van der Waals surface area contributed by atoms with Gasteiger partial charge in [0.15, 0.2) is 0 Å². The quantitative estimate of drug-likeness (QED) is 0.940. The van der Waals surface area contributed by atoms with E-state index in [4.69, 9.17) is 0 Å². The van der Waals surface area contributed by atoms with E-state index in [0.29, 0.717) is 17.7 Å². The number of nitrogens with one attached hydrogen (secondary N) is 1. The topological polar surface area (TPSA) is 49.4 Å². The molecule has 2 aromatic carbocycles. The molecule has 24 heavy (non-hydrogen) atoms. The van der Waals surface area contributed by atoms with Gasteiger partial charge in [-0.2, -0.15) is 0 Å². The zero-order valence-electron chi connectivity index (χ0n) is 13.9. The van der Waals surface area contributed by atoms with E-state index >= 15 is 0 Å². The predicted octanol–water partition coefficient (Wildman–Crippen LogP) is 3.16. The van der Waals surface area contributed by atoms with Gasteiger partial charge in [-0.05, 0) is 43.5 Å². The van der Waals surface area contributed by atoms with E-state index in [9.17, 15) is 9.59 Å². The van der Waals surface area contributed by atoms with Gasteiger partial charge >= 0.3 is 0 Å². The molecule has 1 heterocycles. The van der Waals surface area contributed by atoms with Crippen molar-refractivity contribution in [1.82, 2.24) is 10.2 Å². The minimum absolute atomic E-state index is 0.0147. The van der Waals surface area contributed by atoms with Crippen LogP contribution in [0.15, 0.2) is 48.5 Å². The van der Waals surface area contributed by atoms with Crippen molar-refractivity contribution < 1.29 is 9.59 Å². The number of carbonyl (C=O) groups excluding carboxylic acids is 2. The number of carbonyl (C=O) groups is 2. The first kappa shape index (κ1) is 16.2. The normalized spacial score (nSPS) is 13.8. The Bertz CT molecular complexity index is 749. The van der Waals surface area contributed by atoms with Gasteiger partial charge in [0.05, 0.1) is 0 Å². The van der Waals surface area contributed by atoms with Crippen LogP contribution in [0.1, 0.15) is 44.7 Å². The van der Waals surface area contributed by atoms with Gasteiger partial charge in [0.1, 0.15) is 0 Å². The Morgan fingerprint density at radius 2 is 1.71 bits per heavy atom. The molecule has 1 N–H and O–H groups in total. The molecule has 2 aromatic rings. The molecular weight excluding hydrogens is 300 g/mol. The van der Waals surface area contributed by atoms with Crippen molar-refractivity contribution >= 4 is 11.8 Å². The Hall–Kier alpha value is -2.62. The van der Waals surface area contributed by atoms with Crippen molar-refractivity contribution in [3.05, 3.63) is 70.8 Å². The molecule has 0 radical (unpaired) electrons. The molecule has 124 valence electrons. The molecule has 1 aliphatic rings. The number of nitrogens with zero attached hydrogens (tertiary/aromatic N) is 1. The van der Waals surface area contributed by atoms with Crippen LogP contribution in [0.4, 0.5) is 0 Å². The number of benzene rings is 2. The summed E-state index contributed by atoms with van der Waals surface area (Å²) in [6.07, 6.45) is 2.12. The van der Waals surface area contributed by atoms with Gasteiger partial charge in [-0.25, -0.2) is 0 Å². The fourth-order valence-corrected chi connectivity index (χ4v) is 3.00. The number of hydrogen-bond acceptors (Lipinski definition) is 2. The van der Waals surface area contributed by atoms with Crippen LogP contribution in [-0.4, -0.2) is 29.8 Å². The van der Waals surface area contributed by atoms with Crippen LogP contribution in [-0.2, 0) is 6.54 Å². The minimum Gasteiger partial charge on any atom is -0.348 e. The highest BCUT2D eigenvalue weighted by atomic mass is 16.2. The molecule has 0 atom stereocenters. The highest BCUT2D eigenvalue weighted by molar-refractivity contribution is 5.99. The molecule has 0 saturated carbocycles. The van der Waals surface area contributed by atoms with Crippen LogP contribution in [0, 0.1) is 6.92 Å². The molecule has 1 saturated heterocycles. The lowest BCUT2D eigenvalue weighted by molar-refractivity contribution is 0.0793. The van der Waals surface area contributed by atoms with Gasteiger partial charge in [0.25, 0.3) is 11.8 Å². The lowest BCUT2D eigenvalue weighted by Crippen LogP contribution is -2.28. The van der Waals surface area contributed by atoms with Crippen molar-refractivity contribution in [2.45, 2.75) is 26.3 Å². The Morgan fingerprint density at radius 1 is 1.00 bits per heavy atom. The van der Waals surface area contributed by atoms with Crippen molar-refractivity contribution in [1.29, 1.82) is 0 Å². The summed E-state index contributed by atoms with van der Waals surface area (Å²) in [6, 6.07) is 15.0. The largest absolute Gasteiger partial charge is 0.348 e. The first-order valence-electron chi connectivity index (χ1n) is 8.36. The number of rotatable bonds is 4. The Kier molecular flexibility index (Phi) is 4.94. The summed E-state index contributed by atoms with van der Waals surface area (Å²) in [7, 11) is 0. The Labute approximate surface area is 142 Å². The van der Waals surface area contributed by atoms with Crippen LogP contribution in [0.3, 0.4) is 0 Å². The van der Waals surface area contributed by atoms with E-state index in [1.54, 1.807) is 24.3 Å². The van der Waals surface area contributed by atoms with Gasteiger partial charge in [0.2, 0.25) is 0 Å². The van der Waals surface area contributed by atoms with Crippen LogP contribution in [0.2, 0.25) is 0 Å². The van der Waals surface area contributed by atoms with Gasteiger partial charge in [-0.15, -0.1) is 0 Å². The molecule has 0 spiro atoms. The molecule has 0 unspecified atom stereocenters. The monoisotopic (exact) mass is 322 g/mol. The van der Waals surface area contributed by atoms with Crippen LogP contribution in [0.25, 0.3) is 0 Å². The average Bonchev–Trinajstić information content (AvgIpc) is 3.14. The number of hydrogen-bond donors (Lipinski definition) is 1. The van der Waals surface area contributed by atoms with Crippen LogP contribution >= 0.6 is 0 Å². The summed E-state index contributed by atoms with van der Waals surface area (Å²) >= 11 is 0. The van der Waals surface area contributed by atoms with Crippen molar-refractivity contribution in [2.75, 3.05) is 13.1 Å². The number of aryl methyl sites for hydroxylation is 1. The van der Waals surface area contributed by atoms with E-state index in [0.717, 1.165) is 31.5 Å². The maximum absolute atomic E-state index is 12.4. The molecular formula is C20H22N2O2. The number of likely N-dealkylation sites (tertiary alicyclic amines) is 1. The summed E-state index contributed by atoms with van der Waals surface area (Å²) in [5.74, 6) is -0.145. The lowest BCUT2D eigenvalue weighted by Gasteiger charge is -2.15. The molecule has 1 aliphatic heterocycles. The van der Waals surface area contributed by atoms with Gasteiger partial charge in [-0.1, -0.05) is 35.9 Å². The summed E-state index contributed by atoms with van der Waals surface area (Å²) in [4.78, 5) is 26.6. The molecule has 0 aromatic heterocycles. The SMILES string of the molecule is Cc1cccc(CNC(=O)c2cccc(C(=O)N3CCCC3)c2)c1. The minimum atomic E-state index is -0.160. The van der Waals surface area contributed by atoms with Crippen LogP contribution in [0.5, 0.6) is 0 Å². The molecule has 3 rings (SSSR count). The zero-order valence-corrected chi connectivity index (χ0v) is 13.9. The average molecular weight is 322 g/mol. The van der Waals surface area contributed by atoms with E-state index in [1.807, 2.05) is 36.1 Å². The molecule has 0 bridgehead atoms. The summed E-state index contributed by atoms with van der Waals surface area (Å²) in [6.45, 7) is 4.12. The predicted molar refractivity (Wildman–Crippen MR) is 93.9 cm³/mol. The standard InChI is InChI=1S/C20H22N2O2/c1-15-6-4-7-16(12-15)14-21-19(23)17-8-5-9-18(13-17)20(24)22-10-2-3-11-22/h4-9,12-13H,2-3,10-11,14H2,1H3,(H,21,23). The van der Waals surface area contributed by atoms with E-state index in [1.165, 1.54) is 5.56 Å². The van der Waals surface area contributed by atoms with Gasteiger partial charge in [0, 0.05) is 30.8 Å². The first-order chi connectivity index (χ1) is 11.6. The zero-order chi connectivity index (χ0) is 16.9. The molecule has 4 nitrogen and oxygen atoms in total. The third-order valence-corrected chi connectivity index (χ3v) is 4.30. The van der Waals surface area contributed by atoms with Crippen LogP contribution < -0.4 is 5.32 Å². The smallest absolute Gasteiger partial charge is 0.253 e. The summed E-state index contributed by atoms with van der Waals surface area (Å²) in [5.41, 5.74) is 3.33. The highest BCUT2D eigenvalue weighted by Crippen LogP contribution is 2.14. The van der Waals surface area contributed by atoms with Crippen molar-refractivity contribution in [2.24, 2.45) is 0 Å². The van der Waals surface area contributed by atoms with E-state index in [-0.39, 0.29) is 11.8 Å². The molecule has 0 aliphatic carbocycles. The molecule has 2 amide bonds. The maximum Gasteiger partial charge on any atom is 0.253 e. The van der Waals surface area contributed by atoms with Crippen molar-refractivity contribution in [3.63, 3.8) is 0 Å². The second-order valence-electron chi connectivity index (χ2n) is 6.25. The third-order valence-electron chi connectivity index (χ3n) is 4.30. The summed E-state index contributed by atoms with van der Waals surface area (Å²) < 4.78 is 0. The second kappa shape index (κ2) is 7.30. The van der Waals surface area contributed by atoms with Gasteiger partial charge < -0.3 is 10.2 Å². The maximum atomic E-state index is 12.4.